The van der Waals surface area contributed by atoms with Gasteiger partial charge in [-0.3, -0.25) is 4.98 Å². The summed E-state index contributed by atoms with van der Waals surface area (Å²) >= 11 is 6.16. The zero-order chi connectivity index (χ0) is 21.2. The van der Waals surface area contributed by atoms with Crippen molar-refractivity contribution in [2.24, 2.45) is 0 Å². The molecule has 2 aromatic carbocycles. The third-order valence-electron chi connectivity index (χ3n) is 4.27. The Morgan fingerprint density at radius 3 is 2.48 bits per heavy atom. The number of halogens is 4. The molecule has 0 aliphatic heterocycles. The van der Waals surface area contributed by atoms with Crippen LogP contribution in [0.2, 0.25) is 5.02 Å². The van der Waals surface area contributed by atoms with Crippen LogP contribution in [0.5, 0.6) is 0 Å². The summed E-state index contributed by atoms with van der Waals surface area (Å²) < 4.78 is 66.3. The van der Waals surface area contributed by atoms with Crippen molar-refractivity contribution < 1.29 is 21.6 Å². The van der Waals surface area contributed by atoms with E-state index in [-0.39, 0.29) is 0 Å². The van der Waals surface area contributed by atoms with Crippen LogP contribution < -0.4 is 4.72 Å². The smallest absolute Gasteiger partial charge is 0.263 e. The molecule has 1 heterocycles. The summed E-state index contributed by atoms with van der Waals surface area (Å²) in [6.45, 7) is 1.61. The van der Waals surface area contributed by atoms with Gasteiger partial charge in [0.15, 0.2) is 0 Å². The van der Waals surface area contributed by atoms with E-state index in [2.05, 4.69) is 9.71 Å². The molecule has 1 atom stereocenters. The lowest BCUT2D eigenvalue weighted by Crippen LogP contribution is -2.27. The van der Waals surface area contributed by atoms with Gasteiger partial charge in [-0.2, -0.15) is 13.2 Å². The highest BCUT2D eigenvalue weighted by Crippen LogP contribution is 2.31. The van der Waals surface area contributed by atoms with E-state index in [1.54, 1.807) is 37.4 Å². The summed E-state index contributed by atoms with van der Waals surface area (Å²) in [5.74, 6) is 0. The second-order valence-corrected chi connectivity index (χ2v) is 8.47. The Kier molecular flexibility index (Phi) is 5.97. The maximum Gasteiger partial charge on any atom is 0.416 e. The fourth-order valence-electron chi connectivity index (χ4n) is 2.79. The summed E-state index contributed by atoms with van der Waals surface area (Å²) in [5.41, 5.74) is 1.10. The quantitative estimate of drug-likeness (QED) is 0.573. The number of pyridine rings is 1. The molecule has 0 fully saturated rings. The van der Waals surface area contributed by atoms with Crippen LogP contribution in [0.1, 0.15) is 24.1 Å². The predicted molar refractivity (Wildman–Crippen MR) is 105 cm³/mol. The van der Waals surface area contributed by atoms with Gasteiger partial charge in [-0.1, -0.05) is 35.9 Å². The van der Waals surface area contributed by atoms with E-state index in [0.717, 1.165) is 29.3 Å². The summed E-state index contributed by atoms with van der Waals surface area (Å²) in [6.07, 6.45) is -1.54. The summed E-state index contributed by atoms with van der Waals surface area (Å²) in [7, 11) is -4.16. The highest BCUT2D eigenvalue weighted by Gasteiger charge is 2.32. The Morgan fingerprint density at radius 2 is 1.79 bits per heavy atom. The Hall–Kier alpha value is -2.42. The molecule has 0 aliphatic carbocycles. The molecule has 152 valence electrons. The van der Waals surface area contributed by atoms with Crippen molar-refractivity contribution in [3.05, 3.63) is 83.1 Å². The highest BCUT2D eigenvalue weighted by molar-refractivity contribution is 7.89. The summed E-state index contributed by atoms with van der Waals surface area (Å²) in [6, 6.07) is 11.7. The van der Waals surface area contributed by atoms with Crippen molar-refractivity contribution in [1.82, 2.24) is 9.71 Å². The lowest BCUT2D eigenvalue weighted by molar-refractivity contribution is -0.137. The van der Waals surface area contributed by atoms with Crippen LogP contribution in [0.25, 0.3) is 11.1 Å². The van der Waals surface area contributed by atoms with Gasteiger partial charge in [0.2, 0.25) is 10.0 Å². The maximum atomic E-state index is 12.9. The molecule has 29 heavy (non-hydrogen) atoms. The van der Waals surface area contributed by atoms with Gasteiger partial charge in [0.1, 0.15) is 0 Å². The van der Waals surface area contributed by atoms with Crippen molar-refractivity contribution in [2.75, 3.05) is 0 Å². The average molecular weight is 441 g/mol. The van der Waals surface area contributed by atoms with E-state index in [9.17, 15) is 21.6 Å². The largest absolute Gasteiger partial charge is 0.416 e. The third-order valence-corrected chi connectivity index (χ3v) is 6.11. The number of sulfonamides is 1. The van der Waals surface area contributed by atoms with Crippen LogP contribution in [0.3, 0.4) is 0 Å². The van der Waals surface area contributed by atoms with Crippen molar-refractivity contribution in [1.29, 1.82) is 0 Å². The molecule has 0 saturated heterocycles. The second-order valence-electron chi connectivity index (χ2n) is 6.35. The molecule has 0 amide bonds. The zero-order valence-electron chi connectivity index (χ0n) is 15.1. The average Bonchev–Trinajstić information content (AvgIpc) is 2.67. The summed E-state index contributed by atoms with van der Waals surface area (Å²) in [5, 5.41) is 0.446. The van der Waals surface area contributed by atoms with Gasteiger partial charge in [-0.05, 0) is 48.4 Å². The van der Waals surface area contributed by atoms with Gasteiger partial charge in [0.25, 0.3) is 0 Å². The van der Waals surface area contributed by atoms with Crippen molar-refractivity contribution in [3.63, 3.8) is 0 Å². The van der Waals surface area contributed by atoms with Crippen LogP contribution in [-0.2, 0) is 16.2 Å². The lowest BCUT2D eigenvalue weighted by Gasteiger charge is -2.17. The number of nitrogens with one attached hydrogen (secondary N) is 1. The first kappa shape index (κ1) is 21.3. The molecule has 3 rings (SSSR count). The van der Waals surface area contributed by atoms with E-state index in [4.69, 9.17) is 11.6 Å². The van der Waals surface area contributed by atoms with Crippen LogP contribution in [0.15, 0.2) is 71.9 Å². The zero-order valence-corrected chi connectivity index (χ0v) is 16.7. The standard InChI is InChI=1S/C20H16ClF3N2O2S/c1-13(14-4-2-5-15(10-14)18-8-9-25-12-19(18)21)26-29(27,28)17-7-3-6-16(11-17)20(22,23)24/h2-13,26H,1H3/t13-/m1/s1. The Balaban J connectivity index is 1.88. The Morgan fingerprint density at radius 1 is 1.07 bits per heavy atom. The minimum absolute atomic E-state index is 0.446. The van der Waals surface area contributed by atoms with E-state index in [1.807, 2.05) is 6.07 Å². The van der Waals surface area contributed by atoms with Crippen LogP contribution in [0, 0.1) is 0 Å². The lowest BCUT2D eigenvalue weighted by atomic mass is 10.0. The minimum Gasteiger partial charge on any atom is -0.263 e. The number of rotatable bonds is 5. The normalized spacial score (nSPS) is 13.3. The van der Waals surface area contributed by atoms with Gasteiger partial charge in [-0.15, -0.1) is 0 Å². The molecular formula is C20H16ClF3N2O2S. The van der Waals surface area contributed by atoms with Crippen molar-refractivity contribution in [2.45, 2.75) is 24.0 Å². The van der Waals surface area contributed by atoms with E-state index in [0.29, 0.717) is 16.7 Å². The number of nitrogens with zero attached hydrogens (tertiary/aromatic N) is 1. The first-order valence-corrected chi connectivity index (χ1v) is 10.3. The van der Waals surface area contributed by atoms with Crippen LogP contribution in [-0.4, -0.2) is 13.4 Å². The van der Waals surface area contributed by atoms with Gasteiger partial charge < -0.3 is 0 Å². The van der Waals surface area contributed by atoms with Crippen LogP contribution in [0.4, 0.5) is 13.2 Å². The number of hydrogen-bond donors (Lipinski definition) is 1. The fraction of sp³-hybridized carbons (Fsp3) is 0.150. The number of benzene rings is 2. The van der Waals surface area contributed by atoms with Gasteiger partial charge in [0, 0.05) is 24.0 Å². The Bertz CT molecular complexity index is 1130. The first-order valence-electron chi connectivity index (χ1n) is 8.47. The van der Waals surface area contributed by atoms with Crippen molar-refractivity contribution >= 4 is 21.6 Å². The van der Waals surface area contributed by atoms with Gasteiger partial charge in [-0.25, -0.2) is 13.1 Å². The third kappa shape index (κ3) is 4.95. The minimum atomic E-state index is -4.63. The summed E-state index contributed by atoms with van der Waals surface area (Å²) in [4.78, 5) is 3.48. The van der Waals surface area contributed by atoms with E-state index in [1.165, 1.54) is 6.20 Å². The molecule has 3 aromatic rings. The topological polar surface area (TPSA) is 59.1 Å². The number of hydrogen-bond acceptors (Lipinski definition) is 3. The van der Waals surface area contributed by atoms with Crippen LogP contribution >= 0.6 is 11.6 Å². The first-order chi connectivity index (χ1) is 13.6. The fourth-order valence-corrected chi connectivity index (χ4v) is 4.30. The molecular weight excluding hydrogens is 425 g/mol. The molecule has 9 heteroatoms. The highest BCUT2D eigenvalue weighted by atomic mass is 35.5. The van der Waals surface area contributed by atoms with Crippen molar-refractivity contribution in [3.8, 4) is 11.1 Å². The second kappa shape index (κ2) is 8.14. The Labute approximate surface area is 171 Å². The van der Waals surface area contributed by atoms with E-state index < -0.39 is 32.7 Å². The molecule has 1 aromatic heterocycles. The van der Waals surface area contributed by atoms with E-state index >= 15 is 0 Å². The SMILES string of the molecule is C[C@@H](NS(=O)(=O)c1cccc(C(F)(F)F)c1)c1cccc(-c2ccncc2Cl)c1. The molecule has 4 nitrogen and oxygen atoms in total. The molecule has 0 aliphatic rings. The number of alkyl halides is 3. The number of aromatic nitrogens is 1. The molecule has 0 radical (unpaired) electrons. The van der Waals surface area contributed by atoms with Gasteiger partial charge >= 0.3 is 6.18 Å². The molecule has 0 spiro atoms. The maximum absolute atomic E-state index is 12.9. The predicted octanol–water partition coefficient (Wildman–Crippen LogP) is 5.46. The molecule has 1 N–H and O–H groups in total. The monoisotopic (exact) mass is 440 g/mol. The molecule has 0 bridgehead atoms. The molecule has 0 saturated carbocycles. The van der Waals surface area contributed by atoms with Gasteiger partial charge in [0.05, 0.1) is 15.5 Å². The molecule has 0 unspecified atom stereocenters.